The summed E-state index contributed by atoms with van der Waals surface area (Å²) in [5.74, 6) is -2.23. The van der Waals surface area contributed by atoms with Crippen LogP contribution in [0.1, 0.15) is 0 Å². The van der Waals surface area contributed by atoms with Crippen LogP contribution < -0.4 is 5.32 Å². The fourth-order valence-electron chi connectivity index (χ4n) is 0.629. The first kappa shape index (κ1) is 14.1. The minimum Gasteiger partial charge on any atom is -0.398 e. The number of amides is 2. The van der Waals surface area contributed by atoms with Gasteiger partial charge >= 0.3 is 0 Å². The predicted molar refractivity (Wildman–Crippen MR) is 53.3 cm³/mol. The molecule has 0 rings (SSSR count). The molecule has 0 bridgehead atoms. The molecule has 9 nitrogen and oxygen atoms in total. The highest BCUT2D eigenvalue weighted by Gasteiger charge is 2.19. The third-order valence-corrected chi connectivity index (χ3v) is 1.23. The van der Waals surface area contributed by atoms with Gasteiger partial charge in [-0.05, 0) is 0 Å². The number of nitriles is 2. The number of hydrogen-bond donors (Lipinski definition) is 1. The molecule has 0 aromatic carbocycles. The Morgan fingerprint density at radius 3 is 1.59 bits per heavy atom. The van der Waals surface area contributed by atoms with Gasteiger partial charge in [-0.15, -0.1) is 0 Å². The maximum atomic E-state index is 11.2. The Morgan fingerprint density at radius 1 is 1.00 bits per heavy atom. The van der Waals surface area contributed by atoms with Crippen LogP contribution in [0.3, 0.4) is 0 Å². The van der Waals surface area contributed by atoms with Crippen molar-refractivity contribution in [2.75, 3.05) is 14.2 Å². The number of oxime groups is 2. The molecule has 0 aliphatic heterocycles. The summed E-state index contributed by atoms with van der Waals surface area (Å²) in [5.41, 5.74) is -1.34. The zero-order valence-electron chi connectivity index (χ0n) is 8.92. The molecule has 2 amide bonds. The molecule has 1 N–H and O–H groups in total. The Kier molecular flexibility index (Phi) is 6.09. The quantitative estimate of drug-likeness (QED) is 0.475. The van der Waals surface area contributed by atoms with E-state index < -0.39 is 23.2 Å². The second kappa shape index (κ2) is 7.36. The van der Waals surface area contributed by atoms with Gasteiger partial charge in [0.15, 0.2) is 0 Å². The highest BCUT2D eigenvalue weighted by molar-refractivity contribution is 6.54. The van der Waals surface area contributed by atoms with Gasteiger partial charge in [0.2, 0.25) is 11.4 Å². The monoisotopic (exact) mass is 237 g/mol. The van der Waals surface area contributed by atoms with Gasteiger partial charge in [-0.1, -0.05) is 10.3 Å². The molecular formula is C8H7N5O4. The highest BCUT2D eigenvalue weighted by atomic mass is 16.6. The van der Waals surface area contributed by atoms with E-state index in [1.165, 1.54) is 12.1 Å². The number of hydrogen-bond acceptors (Lipinski definition) is 8. The maximum Gasteiger partial charge on any atom is 0.291 e. The largest absolute Gasteiger partial charge is 0.398 e. The molecule has 0 heterocycles. The van der Waals surface area contributed by atoms with Crippen LogP contribution in [-0.4, -0.2) is 37.5 Å². The molecule has 0 fully saturated rings. The summed E-state index contributed by atoms with van der Waals surface area (Å²) in [5, 5.41) is 24.8. The van der Waals surface area contributed by atoms with E-state index >= 15 is 0 Å². The van der Waals surface area contributed by atoms with E-state index in [4.69, 9.17) is 10.5 Å². The fraction of sp³-hybridized carbons (Fsp3) is 0.250. The molecule has 0 radical (unpaired) electrons. The van der Waals surface area contributed by atoms with Crippen molar-refractivity contribution in [3.8, 4) is 12.1 Å². The van der Waals surface area contributed by atoms with Crippen LogP contribution in [0.15, 0.2) is 10.3 Å². The molecule has 0 saturated carbocycles. The van der Waals surface area contributed by atoms with Crippen molar-refractivity contribution in [1.29, 1.82) is 10.5 Å². The van der Waals surface area contributed by atoms with Crippen LogP contribution in [0.25, 0.3) is 0 Å². The lowest BCUT2D eigenvalue weighted by Crippen LogP contribution is -2.39. The Hall–Kier alpha value is -2.94. The second-order valence-electron chi connectivity index (χ2n) is 2.25. The minimum atomic E-state index is -1.11. The lowest BCUT2D eigenvalue weighted by Gasteiger charge is -1.99. The first-order valence-corrected chi connectivity index (χ1v) is 3.98. The van der Waals surface area contributed by atoms with E-state index in [0.29, 0.717) is 0 Å². The van der Waals surface area contributed by atoms with Crippen molar-refractivity contribution >= 4 is 23.2 Å². The van der Waals surface area contributed by atoms with E-state index in [2.05, 4.69) is 20.0 Å². The fourth-order valence-corrected chi connectivity index (χ4v) is 0.629. The third-order valence-electron chi connectivity index (χ3n) is 1.23. The summed E-state index contributed by atoms with van der Waals surface area (Å²) in [7, 11) is 2.25. The van der Waals surface area contributed by atoms with Crippen molar-refractivity contribution < 1.29 is 19.3 Å². The van der Waals surface area contributed by atoms with E-state index in [1.54, 1.807) is 5.32 Å². The number of rotatable bonds is 4. The lowest BCUT2D eigenvalue weighted by atomic mass is 10.3. The van der Waals surface area contributed by atoms with Crippen molar-refractivity contribution in [3.63, 3.8) is 0 Å². The molecule has 88 valence electrons. The number of imide groups is 1. The Bertz CT molecular complexity index is 412. The lowest BCUT2D eigenvalue weighted by molar-refractivity contribution is -0.123. The summed E-state index contributed by atoms with van der Waals surface area (Å²) in [4.78, 5) is 30.9. The first-order valence-electron chi connectivity index (χ1n) is 3.98. The number of carbonyl (C=O) groups is 2. The molecule has 0 aromatic heterocycles. The Morgan fingerprint density at radius 2 is 1.35 bits per heavy atom. The van der Waals surface area contributed by atoms with Crippen LogP contribution in [0.2, 0.25) is 0 Å². The van der Waals surface area contributed by atoms with Crippen LogP contribution in [0.5, 0.6) is 0 Å². The summed E-state index contributed by atoms with van der Waals surface area (Å²) < 4.78 is 0. The summed E-state index contributed by atoms with van der Waals surface area (Å²) >= 11 is 0. The van der Waals surface area contributed by atoms with Crippen LogP contribution in [0.4, 0.5) is 0 Å². The van der Waals surface area contributed by atoms with Crippen LogP contribution in [-0.2, 0) is 19.3 Å². The molecule has 0 aromatic rings. The molecule has 0 aliphatic carbocycles. The van der Waals surface area contributed by atoms with Gasteiger partial charge in [0, 0.05) is 0 Å². The zero-order valence-corrected chi connectivity index (χ0v) is 8.92. The van der Waals surface area contributed by atoms with Gasteiger partial charge in [0.05, 0.1) is 0 Å². The maximum absolute atomic E-state index is 11.2. The van der Waals surface area contributed by atoms with Gasteiger partial charge in [-0.2, -0.15) is 10.5 Å². The highest BCUT2D eigenvalue weighted by Crippen LogP contribution is 1.83. The molecule has 0 saturated heterocycles. The molecule has 0 aliphatic rings. The van der Waals surface area contributed by atoms with E-state index in [0.717, 1.165) is 14.2 Å². The minimum absolute atomic E-state index is 0.671. The molecule has 0 spiro atoms. The number of nitrogens with one attached hydrogen (secondary N) is 1. The average Bonchev–Trinajstić information content (AvgIpc) is 2.32. The van der Waals surface area contributed by atoms with Crippen molar-refractivity contribution in [1.82, 2.24) is 5.32 Å². The number of nitrogens with zero attached hydrogens (tertiary/aromatic N) is 4. The van der Waals surface area contributed by atoms with Crippen LogP contribution >= 0.6 is 0 Å². The Balaban J connectivity index is 4.78. The smallest absolute Gasteiger partial charge is 0.291 e. The molecular weight excluding hydrogens is 230 g/mol. The second-order valence-corrected chi connectivity index (χ2v) is 2.25. The summed E-state index contributed by atoms with van der Waals surface area (Å²) in [6, 6.07) is 2.81. The standard InChI is InChI=1S/C8H7N5O4/c1-16-12-5(3-9)7(14)11-8(15)6(4-10)13-17-2/h1-2H3,(H,11,14,15)/b12-5-,13-6-. The molecule has 17 heavy (non-hydrogen) atoms. The topological polar surface area (TPSA) is 137 Å². The van der Waals surface area contributed by atoms with E-state index in [9.17, 15) is 9.59 Å². The van der Waals surface area contributed by atoms with Gasteiger partial charge in [0.1, 0.15) is 26.4 Å². The van der Waals surface area contributed by atoms with Crippen molar-refractivity contribution in [2.24, 2.45) is 10.3 Å². The number of carbonyl (C=O) groups excluding carboxylic acids is 2. The van der Waals surface area contributed by atoms with Crippen molar-refractivity contribution in [3.05, 3.63) is 0 Å². The summed E-state index contributed by atoms with van der Waals surface area (Å²) in [6.45, 7) is 0. The predicted octanol–water partition coefficient (Wildman–Crippen LogP) is -1.32. The SMILES string of the molecule is CO/N=C(/C#N)C(=O)NC(=O)/C(C#N)=N\OC. The van der Waals surface area contributed by atoms with Gasteiger partial charge < -0.3 is 9.68 Å². The van der Waals surface area contributed by atoms with E-state index in [1.807, 2.05) is 0 Å². The first-order chi connectivity index (χ1) is 8.10. The molecule has 0 atom stereocenters. The normalized spacial score (nSPS) is 10.8. The van der Waals surface area contributed by atoms with Gasteiger partial charge in [-0.3, -0.25) is 14.9 Å². The molecule has 0 unspecified atom stereocenters. The van der Waals surface area contributed by atoms with Crippen molar-refractivity contribution in [2.45, 2.75) is 0 Å². The average molecular weight is 237 g/mol. The van der Waals surface area contributed by atoms with Gasteiger partial charge in [-0.25, -0.2) is 0 Å². The van der Waals surface area contributed by atoms with Gasteiger partial charge in [0.25, 0.3) is 11.8 Å². The third kappa shape index (κ3) is 4.40. The van der Waals surface area contributed by atoms with Crippen LogP contribution in [0, 0.1) is 22.7 Å². The Labute approximate surface area is 95.9 Å². The summed E-state index contributed by atoms with van der Waals surface area (Å²) in [6.07, 6.45) is 0. The zero-order chi connectivity index (χ0) is 13.3. The molecule has 9 heteroatoms. The van der Waals surface area contributed by atoms with E-state index in [-0.39, 0.29) is 0 Å².